The van der Waals surface area contributed by atoms with Crippen molar-refractivity contribution < 1.29 is 29.1 Å². The molecule has 11 nitrogen and oxygen atoms in total. The Bertz CT molecular complexity index is 859. The van der Waals surface area contributed by atoms with E-state index in [-0.39, 0.29) is 31.6 Å². The molecule has 8 N–H and O–H groups in total. The van der Waals surface area contributed by atoms with Gasteiger partial charge in [-0.15, -0.1) is 0 Å². The minimum Gasteiger partial charge on any atom is -0.480 e. The number of carbonyl (C=O) groups excluding carboxylic acids is 4. The first-order chi connectivity index (χ1) is 15.9. The van der Waals surface area contributed by atoms with Crippen molar-refractivity contribution in [2.24, 2.45) is 17.4 Å². The van der Waals surface area contributed by atoms with Crippen molar-refractivity contribution in [2.75, 3.05) is 0 Å². The van der Waals surface area contributed by atoms with Crippen molar-refractivity contribution >= 4 is 29.6 Å². The Morgan fingerprint density at radius 1 is 0.853 bits per heavy atom. The molecule has 4 amide bonds. The number of carboxylic acids is 1. The number of amides is 4. The lowest BCUT2D eigenvalue weighted by Crippen LogP contribution is -2.57. The van der Waals surface area contributed by atoms with E-state index in [4.69, 9.17) is 11.5 Å². The fourth-order valence-electron chi connectivity index (χ4n) is 3.16. The summed E-state index contributed by atoms with van der Waals surface area (Å²) in [4.78, 5) is 60.8. The molecule has 0 fully saturated rings. The number of aliphatic carboxylic acids is 1. The van der Waals surface area contributed by atoms with Gasteiger partial charge in [-0.3, -0.25) is 19.2 Å². The van der Waals surface area contributed by atoms with Crippen LogP contribution in [0.3, 0.4) is 0 Å². The molecule has 4 atom stereocenters. The fourth-order valence-corrected chi connectivity index (χ4v) is 3.16. The smallest absolute Gasteiger partial charge is 0.326 e. The van der Waals surface area contributed by atoms with Crippen LogP contribution < -0.4 is 27.4 Å². The molecule has 0 spiro atoms. The Balaban J connectivity index is 2.99. The summed E-state index contributed by atoms with van der Waals surface area (Å²) >= 11 is 0. The van der Waals surface area contributed by atoms with Gasteiger partial charge < -0.3 is 32.5 Å². The van der Waals surface area contributed by atoms with E-state index >= 15 is 0 Å². The van der Waals surface area contributed by atoms with Gasteiger partial charge in [-0.05, 0) is 31.2 Å². The molecule has 0 aromatic heterocycles. The Labute approximate surface area is 199 Å². The molecular formula is C23H35N5O6. The van der Waals surface area contributed by atoms with Crippen LogP contribution in [0.5, 0.6) is 0 Å². The molecule has 1 aromatic rings. The van der Waals surface area contributed by atoms with Crippen LogP contribution in [0.1, 0.15) is 45.6 Å². The zero-order chi connectivity index (χ0) is 25.8. The lowest BCUT2D eigenvalue weighted by atomic mass is 10.0. The third kappa shape index (κ3) is 10.4. The van der Waals surface area contributed by atoms with Gasteiger partial charge in [0.25, 0.3) is 0 Å². The summed E-state index contributed by atoms with van der Waals surface area (Å²) in [5.41, 5.74) is 11.4. The molecule has 1 aromatic carbocycles. The zero-order valence-electron chi connectivity index (χ0n) is 19.7. The first-order valence-corrected chi connectivity index (χ1v) is 11.1. The van der Waals surface area contributed by atoms with Gasteiger partial charge in [-0.1, -0.05) is 44.2 Å². The number of hydrogen-bond acceptors (Lipinski definition) is 6. The molecule has 0 heterocycles. The van der Waals surface area contributed by atoms with Crippen LogP contribution in [0, 0.1) is 5.92 Å². The molecular weight excluding hydrogens is 442 g/mol. The van der Waals surface area contributed by atoms with Crippen LogP contribution in [0.2, 0.25) is 0 Å². The van der Waals surface area contributed by atoms with Gasteiger partial charge in [0, 0.05) is 12.8 Å². The largest absolute Gasteiger partial charge is 0.480 e. The lowest BCUT2D eigenvalue weighted by molar-refractivity contribution is -0.142. The van der Waals surface area contributed by atoms with Crippen LogP contribution in [-0.2, 0) is 30.4 Å². The van der Waals surface area contributed by atoms with E-state index in [0.29, 0.717) is 0 Å². The zero-order valence-corrected chi connectivity index (χ0v) is 19.7. The van der Waals surface area contributed by atoms with Crippen molar-refractivity contribution in [1.82, 2.24) is 16.0 Å². The number of nitrogens with two attached hydrogens (primary N) is 2. The van der Waals surface area contributed by atoms with Crippen molar-refractivity contribution in [3.63, 3.8) is 0 Å². The van der Waals surface area contributed by atoms with Crippen LogP contribution in [-0.4, -0.2) is 58.9 Å². The second-order valence-corrected chi connectivity index (χ2v) is 8.63. The third-order valence-corrected chi connectivity index (χ3v) is 4.96. The van der Waals surface area contributed by atoms with Crippen molar-refractivity contribution in [1.29, 1.82) is 0 Å². The highest BCUT2D eigenvalue weighted by Crippen LogP contribution is 2.09. The molecule has 0 saturated heterocycles. The van der Waals surface area contributed by atoms with Crippen LogP contribution in [0.15, 0.2) is 30.3 Å². The molecule has 0 aliphatic rings. The standard InChI is InChI=1S/C23H35N5O6/c1-13(2)11-17(22(32)28-18(23(33)34)12-15-7-5-4-6-8-15)27-21(31)16(9-10-19(25)29)26-20(30)14(3)24/h4-8,13-14,16-18H,9-12,24H2,1-3H3,(H2,25,29)(H,26,30)(H,27,31)(H,28,32)(H,33,34). The molecule has 11 heteroatoms. The molecule has 4 unspecified atom stereocenters. The molecule has 0 radical (unpaired) electrons. The first-order valence-electron chi connectivity index (χ1n) is 11.1. The van der Waals surface area contributed by atoms with Crippen LogP contribution in [0.25, 0.3) is 0 Å². The maximum atomic E-state index is 13.0. The normalized spacial score (nSPS) is 14.4. The highest BCUT2D eigenvalue weighted by atomic mass is 16.4. The topological polar surface area (TPSA) is 194 Å². The van der Waals surface area contributed by atoms with Gasteiger partial charge in [0.05, 0.1) is 6.04 Å². The number of benzene rings is 1. The second-order valence-electron chi connectivity index (χ2n) is 8.63. The van der Waals surface area contributed by atoms with Crippen molar-refractivity contribution in [3.05, 3.63) is 35.9 Å². The van der Waals surface area contributed by atoms with Crippen molar-refractivity contribution in [2.45, 2.75) is 70.6 Å². The summed E-state index contributed by atoms with van der Waals surface area (Å²) in [6.07, 6.45) is 0.0346. The van der Waals surface area contributed by atoms with Gasteiger partial charge in [-0.25, -0.2) is 4.79 Å². The summed E-state index contributed by atoms with van der Waals surface area (Å²) in [6, 6.07) is 4.52. The molecule has 0 bridgehead atoms. The average Bonchev–Trinajstić information content (AvgIpc) is 2.75. The molecule has 34 heavy (non-hydrogen) atoms. The van der Waals surface area contributed by atoms with Gasteiger partial charge >= 0.3 is 5.97 Å². The SMILES string of the molecule is CC(C)CC(NC(=O)C(CCC(N)=O)NC(=O)C(C)N)C(=O)NC(Cc1ccccc1)C(=O)O. The molecule has 0 aliphatic carbocycles. The monoisotopic (exact) mass is 477 g/mol. The second kappa shape index (κ2) is 13.9. The minimum absolute atomic E-state index is 0.0174. The summed E-state index contributed by atoms with van der Waals surface area (Å²) in [5, 5.41) is 17.1. The first kappa shape index (κ1) is 28.6. The maximum Gasteiger partial charge on any atom is 0.326 e. The van der Waals surface area contributed by atoms with E-state index in [0.717, 1.165) is 5.56 Å². The van der Waals surface area contributed by atoms with E-state index < -0.39 is 53.8 Å². The highest BCUT2D eigenvalue weighted by molar-refractivity contribution is 5.94. The highest BCUT2D eigenvalue weighted by Gasteiger charge is 2.30. The van der Waals surface area contributed by atoms with E-state index in [1.54, 1.807) is 30.3 Å². The van der Waals surface area contributed by atoms with Crippen molar-refractivity contribution in [3.8, 4) is 0 Å². The van der Waals surface area contributed by atoms with E-state index in [9.17, 15) is 29.1 Å². The van der Waals surface area contributed by atoms with E-state index in [2.05, 4.69) is 16.0 Å². The number of primary amides is 1. The summed E-state index contributed by atoms with van der Waals surface area (Å²) in [5.74, 6) is -3.87. The third-order valence-electron chi connectivity index (χ3n) is 4.96. The Morgan fingerprint density at radius 3 is 1.88 bits per heavy atom. The molecule has 0 aliphatic heterocycles. The van der Waals surface area contributed by atoms with Gasteiger partial charge in [0.15, 0.2) is 0 Å². The minimum atomic E-state index is -1.21. The van der Waals surface area contributed by atoms with Crippen LogP contribution in [0.4, 0.5) is 0 Å². The summed E-state index contributed by atoms with van der Waals surface area (Å²) in [7, 11) is 0. The quantitative estimate of drug-likeness (QED) is 0.206. The van der Waals surface area contributed by atoms with Gasteiger partial charge in [-0.2, -0.15) is 0 Å². The average molecular weight is 478 g/mol. The summed E-state index contributed by atoms with van der Waals surface area (Å²) < 4.78 is 0. The summed E-state index contributed by atoms with van der Waals surface area (Å²) in [6.45, 7) is 5.12. The van der Waals surface area contributed by atoms with Crippen LogP contribution >= 0.6 is 0 Å². The predicted molar refractivity (Wildman–Crippen MR) is 125 cm³/mol. The van der Waals surface area contributed by atoms with E-state index in [1.807, 2.05) is 13.8 Å². The van der Waals surface area contributed by atoms with E-state index in [1.165, 1.54) is 6.92 Å². The maximum absolute atomic E-state index is 13.0. The molecule has 1 rings (SSSR count). The number of carboxylic acid groups (broad SMARTS) is 1. The Hall–Kier alpha value is -3.47. The number of nitrogens with one attached hydrogen (secondary N) is 3. The Morgan fingerprint density at radius 2 is 1.38 bits per heavy atom. The molecule has 188 valence electrons. The Kier molecular flexibility index (Phi) is 11.7. The number of rotatable bonds is 14. The van der Waals surface area contributed by atoms with Gasteiger partial charge in [0.2, 0.25) is 23.6 Å². The molecule has 0 saturated carbocycles. The number of hydrogen-bond donors (Lipinski definition) is 6. The fraction of sp³-hybridized carbons (Fsp3) is 0.522. The predicted octanol–water partition coefficient (Wildman–Crippen LogP) is -0.573. The lowest BCUT2D eigenvalue weighted by Gasteiger charge is -2.26. The number of carbonyl (C=O) groups is 5. The van der Waals surface area contributed by atoms with Gasteiger partial charge in [0.1, 0.15) is 18.1 Å².